The smallest absolute Gasteiger partial charge is 0.416 e. The Kier molecular flexibility index (Phi) is 8.40. The highest BCUT2D eigenvalue weighted by molar-refractivity contribution is 5.91. The molecular weight excluding hydrogens is 465 g/mol. The zero-order valence-electron chi connectivity index (χ0n) is 19.4. The summed E-state index contributed by atoms with van der Waals surface area (Å²) in [6, 6.07) is 9.62. The molecular formula is C25H25F3N2O5. The van der Waals surface area contributed by atoms with Crippen molar-refractivity contribution in [2.75, 3.05) is 20.3 Å². The van der Waals surface area contributed by atoms with Crippen LogP contribution in [0.4, 0.5) is 13.2 Å². The Morgan fingerprint density at radius 2 is 1.83 bits per heavy atom. The lowest BCUT2D eigenvalue weighted by molar-refractivity contribution is -0.137. The third-order valence-corrected chi connectivity index (χ3v) is 5.02. The fraction of sp³-hybridized carbons (Fsp3) is 0.280. The normalized spacial score (nSPS) is 11.5. The van der Waals surface area contributed by atoms with Crippen molar-refractivity contribution in [2.45, 2.75) is 26.6 Å². The van der Waals surface area contributed by atoms with Gasteiger partial charge in [-0.1, -0.05) is 11.2 Å². The molecule has 0 saturated heterocycles. The first-order valence-electron chi connectivity index (χ1n) is 10.7. The molecule has 7 nitrogen and oxygen atoms in total. The van der Waals surface area contributed by atoms with Gasteiger partial charge in [-0.3, -0.25) is 4.79 Å². The van der Waals surface area contributed by atoms with E-state index in [1.165, 1.54) is 25.3 Å². The summed E-state index contributed by atoms with van der Waals surface area (Å²) < 4.78 is 59.4. The zero-order chi connectivity index (χ0) is 25.4. The van der Waals surface area contributed by atoms with Crippen molar-refractivity contribution in [3.05, 3.63) is 76.7 Å². The van der Waals surface area contributed by atoms with E-state index in [1.807, 2.05) is 13.8 Å². The summed E-state index contributed by atoms with van der Waals surface area (Å²) >= 11 is 0. The molecule has 0 aliphatic carbocycles. The monoisotopic (exact) mass is 490 g/mol. The van der Waals surface area contributed by atoms with Crippen LogP contribution in [0.25, 0.3) is 6.08 Å². The molecule has 1 amide bonds. The van der Waals surface area contributed by atoms with Gasteiger partial charge in [0, 0.05) is 6.08 Å². The molecule has 10 heteroatoms. The van der Waals surface area contributed by atoms with E-state index in [4.69, 9.17) is 18.7 Å². The predicted molar refractivity (Wildman–Crippen MR) is 122 cm³/mol. The Morgan fingerprint density at radius 1 is 1.09 bits per heavy atom. The second kappa shape index (κ2) is 11.5. The highest BCUT2D eigenvalue weighted by Gasteiger charge is 2.30. The average Bonchev–Trinajstić information content (AvgIpc) is 3.16. The van der Waals surface area contributed by atoms with E-state index >= 15 is 0 Å². The number of aromatic nitrogens is 1. The van der Waals surface area contributed by atoms with Crippen LogP contribution in [0.3, 0.4) is 0 Å². The molecule has 0 atom stereocenters. The van der Waals surface area contributed by atoms with Gasteiger partial charge in [-0.05, 0) is 61.9 Å². The van der Waals surface area contributed by atoms with E-state index in [9.17, 15) is 18.0 Å². The molecule has 2 aromatic carbocycles. The van der Waals surface area contributed by atoms with Gasteiger partial charge < -0.3 is 24.1 Å². The zero-order valence-corrected chi connectivity index (χ0v) is 19.4. The first kappa shape index (κ1) is 25.7. The number of hydrogen-bond donors (Lipinski definition) is 1. The second-order valence-electron chi connectivity index (χ2n) is 7.50. The largest absolute Gasteiger partial charge is 0.493 e. The standard InChI is InChI=1S/C25H25F3N2O5/c1-16-21(17(2)35-30-16)15-34-22-10-4-18(14-23(22)32-3)5-11-24(31)29-12-13-33-20-8-6-19(7-9-20)25(26,27)28/h4-11,14H,12-13,15H2,1-3H3,(H,29,31). The molecule has 35 heavy (non-hydrogen) atoms. The molecule has 0 aliphatic heterocycles. The fourth-order valence-electron chi connectivity index (χ4n) is 3.08. The summed E-state index contributed by atoms with van der Waals surface area (Å²) in [5.74, 6) is 1.67. The Bertz CT molecular complexity index is 1150. The molecule has 3 aromatic rings. The van der Waals surface area contributed by atoms with Crippen LogP contribution in [0.2, 0.25) is 0 Å². The number of methoxy groups -OCH3 is 1. The van der Waals surface area contributed by atoms with E-state index < -0.39 is 11.7 Å². The van der Waals surface area contributed by atoms with Crippen LogP contribution >= 0.6 is 0 Å². The summed E-state index contributed by atoms with van der Waals surface area (Å²) in [7, 11) is 1.52. The third kappa shape index (κ3) is 7.26. The summed E-state index contributed by atoms with van der Waals surface area (Å²) in [5, 5.41) is 6.54. The Labute approximate surface area is 200 Å². The number of nitrogens with zero attached hydrogens (tertiary/aromatic N) is 1. The maximum atomic E-state index is 12.6. The number of ether oxygens (including phenoxy) is 3. The Morgan fingerprint density at radius 3 is 2.46 bits per heavy atom. The van der Waals surface area contributed by atoms with Crippen molar-refractivity contribution in [1.82, 2.24) is 10.5 Å². The number of nitrogens with one attached hydrogen (secondary N) is 1. The van der Waals surface area contributed by atoms with Gasteiger partial charge in [-0.2, -0.15) is 13.2 Å². The molecule has 0 aliphatic rings. The lowest BCUT2D eigenvalue weighted by Gasteiger charge is -2.11. The quantitative estimate of drug-likeness (QED) is 0.314. The van der Waals surface area contributed by atoms with Crippen LogP contribution in [0, 0.1) is 13.8 Å². The van der Waals surface area contributed by atoms with Crippen molar-refractivity contribution < 1.29 is 36.7 Å². The maximum absolute atomic E-state index is 12.6. The van der Waals surface area contributed by atoms with Crippen molar-refractivity contribution >= 4 is 12.0 Å². The average molecular weight is 490 g/mol. The van der Waals surface area contributed by atoms with Gasteiger partial charge in [-0.25, -0.2) is 0 Å². The van der Waals surface area contributed by atoms with Crippen molar-refractivity contribution in [2.24, 2.45) is 0 Å². The van der Waals surface area contributed by atoms with Crippen LogP contribution in [0.5, 0.6) is 17.2 Å². The van der Waals surface area contributed by atoms with Crippen LogP contribution in [0.1, 0.15) is 28.1 Å². The number of benzene rings is 2. The first-order valence-corrected chi connectivity index (χ1v) is 10.7. The van der Waals surface area contributed by atoms with Gasteiger partial charge in [0.15, 0.2) is 11.5 Å². The first-order chi connectivity index (χ1) is 16.7. The maximum Gasteiger partial charge on any atom is 0.416 e. The molecule has 1 N–H and O–H groups in total. The molecule has 0 saturated carbocycles. The van der Waals surface area contributed by atoms with E-state index in [0.717, 1.165) is 29.0 Å². The van der Waals surface area contributed by atoms with Gasteiger partial charge in [0.1, 0.15) is 24.7 Å². The Balaban J connectivity index is 1.46. The highest BCUT2D eigenvalue weighted by Crippen LogP contribution is 2.31. The van der Waals surface area contributed by atoms with Crippen molar-refractivity contribution in [3.8, 4) is 17.2 Å². The van der Waals surface area contributed by atoms with Crippen LogP contribution < -0.4 is 19.5 Å². The minimum absolute atomic E-state index is 0.107. The number of aryl methyl sites for hydroxylation is 2. The number of carbonyl (C=O) groups is 1. The topological polar surface area (TPSA) is 82.8 Å². The third-order valence-electron chi connectivity index (χ3n) is 5.02. The van der Waals surface area contributed by atoms with Crippen LogP contribution in [-0.4, -0.2) is 31.3 Å². The molecule has 3 rings (SSSR count). The van der Waals surface area contributed by atoms with Gasteiger partial charge in [0.25, 0.3) is 0 Å². The predicted octanol–water partition coefficient (Wildman–Crippen LogP) is 5.11. The molecule has 0 spiro atoms. The summed E-state index contributed by atoms with van der Waals surface area (Å²) in [6.45, 7) is 4.23. The summed E-state index contributed by atoms with van der Waals surface area (Å²) in [6.07, 6.45) is -1.42. The number of hydrogen-bond acceptors (Lipinski definition) is 6. The number of carbonyl (C=O) groups excluding carboxylic acids is 1. The van der Waals surface area contributed by atoms with E-state index in [-0.39, 0.29) is 31.4 Å². The van der Waals surface area contributed by atoms with E-state index in [2.05, 4.69) is 10.5 Å². The van der Waals surface area contributed by atoms with Crippen LogP contribution in [0.15, 0.2) is 53.1 Å². The second-order valence-corrected chi connectivity index (χ2v) is 7.50. The molecule has 0 fully saturated rings. The lowest BCUT2D eigenvalue weighted by atomic mass is 10.2. The van der Waals surface area contributed by atoms with Crippen molar-refractivity contribution in [1.29, 1.82) is 0 Å². The lowest BCUT2D eigenvalue weighted by Crippen LogP contribution is -2.26. The number of amides is 1. The number of halogens is 3. The van der Waals surface area contributed by atoms with Gasteiger partial charge in [-0.15, -0.1) is 0 Å². The highest BCUT2D eigenvalue weighted by atomic mass is 19.4. The molecule has 0 bridgehead atoms. The minimum Gasteiger partial charge on any atom is -0.493 e. The molecule has 0 radical (unpaired) electrons. The van der Waals surface area contributed by atoms with Gasteiger partial charge in [0.2, 0.25) is 5.91 Å². The Hall–Kier alpha value is -3.95. The number of alkyl halides is 3. The summed E-state index contributed by atoms with van der Waals surface area (Å²) in [4.78, 5) is 12.1. The van der Waals surface area contributed by atoms with Crippen molar-refractivity contribution in [3.63, 3.8) is 0 Å². The summed E-state index contributed by atoms with van der Waals surface area (Å²) in [5.41, 5.74) is 1.61. The number of rotatable bonds is 10. The molecule has 0 unspecified atom stereocenters. The van der Waals surface area contributed by atoms with E-state index in [0.29, 0.717) is 17.3 Å². The molecule has 186 valence electrons. The molecule has 1 heterocycles. The fourth-order valence-corrected chi connectivity index (χ4v) is 3.08. The van der Waals surface area contributed by atoms with E-state index in [1.54, 1.807) is 24.3 Å². The SMILES string of the molecule is COc1cc(C=CC(=O)NCCOc2ccc(C(F)(F)F)cc2)ccc1OCc1c(C)noc1C. The van der Waals surface area contributed by atoms with Gasteiger partial charge >= 0.3 is 6.18 Å². The van der Waals surface area contributed by atoms with Gasteiger partial charge in [0.05, 0.1) is 30.5 Å². The minimum atomic E-state index is -4.40. The molecule has 1 aromatic heterocycles. The van der Waals surface area contributed by atoms with Crippen LogP contribution in [-0.2, 0) is 17.6 Å².